The molecule has 5 heteroatoms. The molecule has 1 unspecified atom stereocenters. The summed E-state index contributed by atoms with van der Waals surface area (Å²) in [6.45, 7) is -0.686. The van der Waals surface area contributed by atoms with Crippen molar-refractivity contribution in [2.24, 2.45) is 0 Å². The Balaban J connectivity index is 0.000000286. The highest BCUT2D eigenvalue weighted by molar-refractivity contribution is 7.32. The lowest BCUT2D eigenvalue weighted by atomic mass is 10.0. The average molecular weight is 294 g/mol. The van der Waals surface area contributed by atoms with Gasteiger partial charge in [-0.1, -0.05) is 60.7 Å². The van der Waals surface area contributed by atoms with E-state index in [4.69, 9.17) is 10.00 Å². The number of aliphatic hydroxyl groups is 1. The Morgan fingerprint density at radius 3 is 1.50 bits per heavy atom. The summed E-state index contributed by atoms with van der Waals surface area (Å²) in [7, 11) is -2.89. The summed E-state index contributed by atoms with van der Waals surface area (Å²) in [4.78, 5) is 7.72. The summed E-state index contributed by atoms with van der Waals surface area (Å²) in [5, 5.41) is 7.68. The van der Waals surface area contributed by atoms with Crippen LogP contribution in [-0.4, -0.2) is 16.8 Å². The molecule has 0 aromatic heterocycles. The molecule has 0 heterocycles. The molecule has 0 aliphatic carbocycles. The minimum Gasteiger partial charge on any atom is -0.370 e. The van der Waals surface area contributed by atoms with Crippen LogP contribution in [0.3, 0.4) is 0 Å². The number of hydrogen-bond acceptors (Lipinski definition) is 3. The second-order valence-electron chi connectivity index (χ2n) is 4.01. The van der Waals surface area contributed by atoms with E-state index in [0.717, 1.165) is 12.8 Å². The maximum atomic E-state index is 9.40. The van der Waals surface area contributed by atoms with Gasteiger partial charge in [-0.15, -0.1) is 0 Å². The van der Waals surface area contributed by atoms with Crippen LogP contribution < -0.4 is 0 Å². The average Bonchev–Trinajstić information content (AvgIpc) is 2.48. The molecule has 0 spiro atoms. The van der Waals surface area contributed by atoms with Gasteiger partial charge in [-0.05, 0) is 24.0 Å². The summed E-state index contributed by atoms with van der Waals surface area (Å²) in [5.41, 5.74) is 2.83. The van der Waals surface area contributed by atoms with Crippen molar-refractivity contribution >= 4 is 8.25 Å². The molecule has 108 valence electrons. The van der Waals surface area contributed by atoms with E-state index >= 15 is 0 Å². The predicted molar refractivity (Wildman–Crippen MR) is 79.7 cm³/mol. The van der Waals surface area contributed by atoms with Crippen molar-refractivity contribution in [3.63, 3.8) is 0 Å². The van der Waals surface area contributed by atoms with Gasteiger partial charge in [0.05, 0.1) is 0 Å². The van der Waals surface area contributed by atoms with Crippen molar-refractivity contribution in [3.05, 3.63) is 71.8 Å². The number of hydrogen-bond donors (Lipinski definition) is 2. The highest BCUT2D eigenvalue weighted by Crippen LogP contribution is 2.11. The monoisotopic (exact) mass is 294 g/mol. The zero-order valence-corrected chi connectivity index (χ0v) is 12.1. The molecule has 1 atom stereocenters. The number of aryl methyl sites for hydroxylation is 2. The number of aliphatic hydroxyl groups excluding tert-OH is 1. The van der Waals surface area contributed by atoms with E-state index in [0.29, 0.717) is 0 Å². The summed E-state index contributed by atoms with van der Waals surface area (Å²) in [6, 6.07) is 21.2. The standard InChI is InChI=1S/C14H14.CH5O4P/c1-3-7-13(8-4-1)11-12-14-9-5-2-6-10-14;2-1-5-6(3)4/h1-10H,11-12H2;2,6H,1H2,(H,3,4). The van der Waals surface area contributed by atoms with Gasteiger partial charge in [0.15, 0.2) is 6.79 Å². The van der Waals surface area contributed by atoms with Gasteiger partial charge in [0, 0.05) is 0 Å². The van der Waals surface area contributed by atoms with Crippen molar-refractivity contribution in [3.8, 4) is 0 Å². The van der Waals surface area contributed by atoms with Crippen LogP contribution in [0.15, 0.2) is 60.7 Å². The Morgan fingerprint density at radius 1 is 0.850 bits per heavy atom. The molecule has 20 heavy (non-hydrogen) atoms. The molecular formula is C15H19O4P. The van der Waals surface area contributed by atoms with Gasteiger partial charge in [-0.25, -0.2) is 0 Å². The van der Waals surface area contributed by atoms with Gasteiger partial charge in [-0.3, -0.25) is 9.09 Å². The molecule has 0 saturated carbocycles. The van der Waals surface area contributed by atoms with E-state index in [-0.39, 0.29) is 0 Å². The van der Waals surface area contributed by atoms with E-state index in [1.54, 1.807) is 0 Å². The summed E-state index contributed by atoms with van der Waals surface area (Å²) >= 11 is 0. The summed E-state index contributed by atoms with van der Waals surface area (Å²) in [6.07, 6.45) is 2.26. The van der Waals surface area contributed by atoms with Crippen molar-refractivity contribution in [1.29, 1.82) is 0 Å². The second-order valence-corrected chi connectivity index (χ2v) is 4.83. The fourth-order valence-electron chi connectivity index (χ4n) is 1.63. The number of benzene rings is 2. The Kier molecular flexibility index (Phi) is 8.59. The molecule has 4 nitrogen and oxygen atoms in total. The normalized spacial score (nSPS) is 11.3. The molecule has 0 aliphatic heterocycles. The van der Waals surface area contributed by atoms with Gasteiger partial charge in [0.2, 0.25) is 0 Å². The molecule has 2 N–H and O–H groups in total. The van der Waals surface area contributed by atoms with Crippen LogP contribution >= 0.6 is 8.25 Å². The highest BCUT2D eigenvalue weighted by atomic mass is 31.1. The van der Waals surface area contributed by atoms with Crippen LogP contribution in [0.25, 0.3) is 0 Å². The highest BCUT2D eigenvalue weighted by Gasteiger charge is 1.93. The smallest absolute Gasteiger partial charge is 0.318 e. The maximum absolute atomic E-state index is 9.40. The zero-order valence-electron chi connectivity index (χ0n) is 11.1. The van der Waals surface area contributed by atoms with Crippen molar-refractivity contribution < 1.29 is 19.1 Å². The first kappa shape index (κ1) is 16.6. The minimum atomic E-state index is -2.89. The lowest BCUT2D eigenvalue weighted by Gasteiger charge is -2.01. The van der Waals surface area contributed by atoms with Gasteiger partial charge in [0.1, 0.15) is 0 Å². The minimum absolute atomic E-state index is 0.686. The SMILES string of the molecule is O=[PH](O)OCO.c1ccc(CCc2ccccc2)cc1. The molecule has 0 bridgehead atoms. The maximum Gasteiger partial charge on any atom is 0.318 e. The molecule has 0 aliphatic rings. The first-order chi connectivity index (χ1) is 9.72. The van der Waals surface area contributed by atoms with Crippen LogP contribution in [0.4, 0.5) is 0 Å². The van der Waals surface area contributed by atoms with Crippen molar-refractivity contribution in [2.45, 2.75) is 12.8 Å². The third-order valence-electron chi connectivity index (χ3n) is 2.58. The predicted octanol–water partition coefficient (Wildman–Crippen LogP) is 2.81. The van der Waals surface area contributed by atoms with Gasteiger partial charge in [-0.2, -0.15) is 0 Å². The number of rotatable bonds is 5. The van der Waals surface area contributed by atoms with E-state index < -0.39 is 15.0 Å². The van der Waals surface area contributed by atoms with E-state index in [2.05, 4.69) is 65.2 Å². The quantitative estimate of drug-likeness (QED) is 0.657. The second kappa shape index (κ2) is 10.4. The van der Waals surface area contributed by atoms with Crippen LogP contribution in [0.2, 0.25) is 0 Å². The van der Waals surface area contributed by atoms with Crippen LogP contribution in [-0.2, 0) is 21.9 Å². The summed E-state index contributed by atoms with van der Waals surface area (Å²) < 4.78 is 13.1. The first-order valence-corrected chi connectivity index (χ1v) is 7.53. The van der Waals surface area contributed by atoms with E-state index in [1.165, 1.54) is 11.1 Å². The largest absolute Gasteiger partial charge is 0.370 e. The molecule has 2 aromatic rings. The third-order valence-corrected chi connectivity index (χ3v) is 2.95. The van der Waals surface area contributed by atoms with Crippen molar-refractivity contribution in [1.82, 2.24) is 0 Å². The molecule has 0 fully saturated rings. The lowest BCUT2D eigenvalue weighted by molar-refractivity contribution is 0.0946. The Labute approximate surface area is 119 Å². The van der Waals surface area contributed by atoms with E-state index in [1.807, 2.05) is 0 Å². The fourth-order valence-corrected chi connectivity index (χ4v) is 1.74. The topological polar surface area (TPSA) is 66.8 Å². The van der Waals surface area contributed by atoms with Crippen LogP contribution in [0, 0.1) is 0 Å². The Bertz CT molecular complexity index is 448. The first-order valence-electron chi connectivity index (χ1n) is 6.27. The summed E-state index contributed by atoms with van der Waals surface area (Å²) in [5.74, 6) is 0. The Hall–Kier alpha value is -1.45. The third kappa shape index (κ3) is 7.87. The van der Waals surface area contributed by atoms with Crippen molar-refractivity contribution in [2.75, 3.05) is 6.79 Å². The van der Waals surface area contributed by atoms with E-state index in [9.17, 15) is 4.57 Å². The Morgan fingerprint density at radius 2 is 1.25 bits per heavy atom. The molecule has 2 aromatic carbocycles. The molecule has 0 radical (unpaired) electrons. The van der Waals surface area contributed by atoms with Gasteiger partial charge in [0.25, 0.3) is 0 Å². The molecule has 0 amide bonds. The van der Waals surface area contributed by atoms with Crippen LogP contribution in [0.1, 0.15) is 11.1 Å². The fraction of sp³-hybridized carbons (Fsp3) is 0.200. The van der Waals surface area contributed by atoms with Crippen LogP contribution in [0.5, 0.6) is 0 Å². The molecule has 0 saturated heterocycles. The molecule has 2 rings (SSSR count). The zero-order chi connectivity index (χ0) is 14.6. The molecular weight excluding hydrogens is 275 g/mol. The van der Waals surface area contributed by atoms with Gasteiger partial charge < -0.3 is 10.00 Å². The lowest BCUT2D eigenvalue weighted by Crippen LogP contribution is -1.89. The van der Waals surface area contributed by atoms with Gasteiger partial charge >= 0.3 is 8.25 Å².